The zero-order chi connectivity index (χ0) is 14.7. The van der Waals surface area contributed by atoms with E-state index in [1.165, 1.54) is 4.90 Å². The van der Waals surface area contributed by atoms with Crippen LogP contribution in [-0.4, -0.2) is 47.6 Å². The van der Waals surface area contributed by atoms with Crippen molar-refractivity contribution in [2.24, 2.45) is 5.41 Å². The predicted octanol–water partition coefficient (Wildman–Crippen LogP) is 0.912. The second kappa shape index (κ2) is 5.90. The molecule has 0 aromatic heterocycles. The van der Waals surface area contributed by atoms with Crippen LogP contribution in [0.4, 0.5) is 0 Å². The molecule has 0 aliphatic heterocycles. The van der Waals surface area contributed by atoms with Crippen LogP contribution in [0.15, 0.2) is 0 Å². The van der Waals surface area contributed by atoms with Crippen molar-refractivity contribution in [2.45, 2.75) is 52.1 Å². The van der Waals surface area contributed by atoms with Gasteiger partial charge in [0.1, 0.15) is 0 Å². The van der Waals surface area contributed by atoms with Crippen molar-refractivity contribution < 1.29 is 14.7 Å². The minimum absolute atomic E-state index is 0.0112. The van der Waals surface area contributed by atoms with Crippen molar-refractivity contribution in [3.05, 3.63) is 0 Å². The highest BCUT2D eigenvalue weighted by Gasteiger charge is 2.33. The molecule has 5 heteroatoms. The fraction of sp³-hybridized carbons (Fsp3) is 0.857. The summed E-state index contributed by atoms with van der Waals surface area (Å²) >= 11 is 0. The third-order valence-corrected chi connectivity index (χ3v) is 3.57. The van der Waals surface area contributed by atoms with Crippen LogP contribution in [0.1, 0.15) is 46.5 Å². The molecular formula is C14H26N2O3. The van der Waals surface area contributed by atoms with E-state index in [2.05, 4.69) is 5.32 Å². The Hall–Kier alpha value is -1.10. The smallest absolute Gasteiger partial charge is 0.241 e. The van der Waals surface area contributed by atoms with Gasteiger partial charge in [-0.3, -0.25) is 9.59 Å². The Morgan fingerprint density at radius 2 is 1.79 bits per heavy atom. The zero-order valence-corrected chi connectivity index (χ0v) is 12.5. The Balaban J connectivity index is 2.39. The van der Waals surface area contributed by atoms with Gasteiger partial charge in [-0.1, -0.05) is 33.6 Å². The molecule has 0 aromatic carbocycles. The molecule has 1 saturated carbocycles. The Bertz CT molecular complexity index is 341. The van der Waals surface area contributed by atoms with E-state index < -0.39 is 11.0 Å². The quantitative estimate of drug-likeness (QED) is 0.798. The van der Waals surface area contributed by atoms with Gasteiger partial charge in [0.15, 0.2) is 0 Å². The predicted molar refractivity (Wildman–Crippen MR) is 73.5 cm³/mol. The van der Waals surface area contributed by atoms with Gasteiger partial charge < -0.3 is 15.3 Å². The molecule has 5 nitrogen and oxygen atoms in total. The number of rotatable bonds is 4. The molecule has 0 bridgehead atoms. The van der Waals surface area contributed by atoms with E-state index in [-0.39, 0.29) is 18.4 Å². The number of carbonyl (C=O) groups is 2. The van der Waals surface area contributed by atoms with Crippen molar-refractivity contribution in [1.29, 1.82) is 0 Å². The molecule has 1 aliphatic rings. The standard InChI is InChI=1S/C14H26N2O3/c1-13(2,3)12(18)15-9-11(17)16(4)10-14(19)7-5-6-8-14/h19H,5-10H2,1-4H3,(H,15,18). The molecule has 1 rings (SSSR count). The molecule has 2 N–H and O–H groups in total. The van der Waals surface area contributed by atoms with Crippen LogP contribution in [0.5, 0.6) is 0 Å². The maximum atomic E-state index is 11.9. The summed E-state index contributed by atoms with van der Waals surface area (Å²) in [4.78, 5) is 25.1. The fourth-order valence-electron chi connectivity index (χ4n) is 2.28. The second-order valence-electron chi connectivity index (χ2n) is 6.61. The topological polar surface area (TPSA) is 69.6 Å². The van der Waals surface area contributed by atoms with E-state index in [9.17, 15) is 14.7 Å². The number of nitrogens with one attached hydrogen (secondary N) is 1. The highest BCUT2D eigenvalue weighted by Crippen LogP contribution is 2.29. The van der Waals surface area contributed by atoms with Crippen LogP contribution in [0.3, 0.4) is 0 Å². The Labute approximate surface area is 115 Å². The van der Waals surface area contributed by atoms with Crippen molar-refractivity contribution >= 4 is 11.8 Å². The van der Waals surface area contributed by atoms with Gasteiger partial charge in [-0.05, 0) is 12.8 Å². The first kappa shape index (κ1) is 16.0. The summed E-state index contributed by atoms with van der Waals surface area (Å²) in [6, 6.07) is 0. The maximum Gasteiger partial charge on any atom is 0.241 e. The molecule has 0 radical (unpaired) electrons. The third-order valence-electron chi connectivity index (χ3n) is 3.57. The van der Waals surface area contributed by atoms with Crippen molar-refractivity contribution in [2.75, 3.05) is 20.1 Å². The Morgan fingerprint density at radius 3 is 2.26 bits per heavy atom. The normalized spacial score (nSPS) is 18.2. The molecule has 110 valence electrons. The Kier molecular flexibility index (Phi) is 4.96. The molecule has 19 heavy (non-hydrogen) atoms. The van der Waals surface area contributed by atoms with Crippen LogP contribution < -0.4 is 5.32 Å². The highest BCUT2D eigenvalue weighted by molar-refractivity contribution is 5.87. The van der Waals surface area contributed by atoms with Gasteiger partial charge >= 0.3 is 0 Å². The summed E-state index contributed by atoms with van der Waals surface area (Å²) < 4.78 is 0. The van der Waals surface area contributed by atoms with Crippen LogP contribution in [0, 0.1) is 5.41 Å². The number of hydrogen-bond donors (Lipinski definition) is 2. The number of aliphatic hydroxyl groups is 1. The molecule has 0 spiro atoms. The summed E-state index contributed by atoms with van der Waals surface area (Å²) in [5, 5.41) is 12.9. The lowest BCUT2D eigenvalue weighted by Crippen LogP contribution is -2.47. The van der Waals surface area contributed by atoms with Crippen LogP contribution in [0.25, 0.3) is 0 Å². The number of likely N-dealkylation sites (N-methyl/N-ethyl adjacent to an activating group) is 1. The molecule has 0 aromatic rings. The van der Waals surface area contributed by atoms with Gasteiger partial charge in [0.25, 0.3) is 0 Å². The van der Waals surface area contributed by atoms with Crippen molar-refractivity contribution in [3.63, 3.8) is 0 Å². The van der Waals surface area contributed by atoms with E-state index in [0.29, 0.717) is 6.54 Å². The average molecular weight is 270 g/mol. The molecule has 1 aliphatic carbocycles. The summed E-state index contributed by atoms with van der Waals surface area (Å²) in [7, 11) is 1.67. The molecule has 1 fully saturated rings. The van der Waals surface area contributed by atoms with E-state index in [1.54, 1.807) is 27.8 Å². The van der Waals surface area contributed by atoms with E-state index in [0.717, 1.165) is 25.7 Å². The lowest BCUT2D eigenvalue weighted by molar-refractivity contribution is -0.136. The van der Waals surface area contributed by atoms with Crippen LogP contribution in [-0.2, 0) is 9.59 Å². The first-order chi connectivity index (χ1) is 8.64. The summed E-state index contributed by atoms with van der Waals surface area (Å²) in [6.45, 7) is 5.74. The van der Waals surface area contributed by atoms with Crippen LogP contribution >= 0.6 is 0 Å². The number of carbonyl (C=O) groups excluding carboxylic acids is 2. The fourth-order valence-corrected chi connectivity index (χ4v) is 2.28. The molecular weight excluding hydrogens is 244 g/mol. The lowest BCUT2D eigenvalue weighted by atomic mass is 9.96. The monoisotopic (exact) mass is 270 g/mol. The van der Waals surface area contributed by atoms with Crippen molar-refractivity contribution in [1.82, 2.24) is 10.2 Å². The van der Waals surface area contributed by atoms with E-state index >= 15 is 0 Å². The van der Waals surface area contributed by atoms with Gasteiger partial charge in [0.2, 0.25) is 11.8 Å². The molecule has 0 unspecified atom stereocenters. The molecule has 0 atom stereocenters. The summed E-state index contributed by atoms with van der Waals surface area (Å²) in [6.07, 6.45) is 3.52. The number of nitrogens with zero attached hydrogens (tertiary/aromatic N) is 1. The Morgan fingerprint density at radius 1 is 1.26 bits per heavy atom. The van der Waals surface area contributed by atoms with Crippen LogP contribution in [0.2, 0.25) is 0 Å². The van der Waals surface area contributed by atoms with E-state index in [1.807, 2.05) is 0 Å². The molecule has 0 saturated heterocycles. The number of amides is 2. The molecule has 0 heterocycles. The largest absolute Gasteiger partial charge is 0.388 e. The van der Waals surface area contributed by atoms with E-state index in [4.69, 9.17) is 0 Å². The minimum Gasteiger partial charge on any atom is -0.388 e. The lowest BCUT2D eigenvalue weighted by Gasteiger charge is -2.29. The van der Waals surface area contributed by atoms with Crippen molar-refractivity contribution in [3.8, 4) is 0 Å². The summed E-state index contributed by atoms with van der Waals surface area (Å²) in [5.41, 5.74) is -1.24. The molecule has 2 amide bonds. The van der Waals surface area contributed by atoms with Gasteiger partial charge in [-0.15, -0.1) is 0 Å². The minimum atomic E-state index is -0.738. The maximum absolute atomic E-state index is 11.9. The van der Waals surface area contributed by atoms with Gasteiger partial charge in [0.05, 0.1) is 12.1 Å². The second-order valence-corrected chi connectivity index (χ2v) is 6.61. The van der Waals surface area contributed by atoms with Gasteiger partial charge in [0, 0.05) is 19.0 Å². The third kappa shape index (κ3) is 4.82. The zero-order valence-electron chi connectivity index (χ0n) is 12.5. The first-order valence-electron chi connectivity index (χ1n) is 6.89. The SMILES string of the molecule is CN(CC1(O)CCCC1)C(=O)CNC(=O)C(C)(C)C. The van der Waals surface area contributed by atoms with Gasteiger partial charge in [-0.25, -0.2) is 0 Å². The number of hydrogen-bond acceptors (Lipinski definition) is 3. The average Bonchev–Trinajstić information content (AvgIpc) is 2.70. The highest BCUT2D eigenvalue weighted by atomic mass is 16.3. The summed E-state index contributed by atoms with van der Waals surface area (Å²) in [5.74, 6) is -0.313. The first-order valence-corrected chi connectivity index (χ1v) is 6.89. The van der Waals surface area contributed by atoms with Gasteiger partial charge in [-0.2, -0.15) is 0 Å².